The highest BCUT2D eigenvalue weighted by atomic mass is 16.4. The average Bonchev–Trinajstić information content (AvgIpc) is 2.06. The summed E-state index contributed by atoms with van der Waals surface area (Å²) >= 11 is 0. The van der Waals surface area contributed by atoms with Crippen LogP contribution in [0.25, 0.3) is 0 Å². The van der Waals surface area contributed by atoms with E-state index in [0.29, 0.717) is 0 Å². The summed E-state index contributed by atoms with van der Waals surface area (Å²) in [5.41, 5.74) is 5.52. The Morgan fingerprint density at radius 3 is 2.15 bits per heavy atom. The fourth-order valence-corrected chi connectivity index (χ4v) is 0.981. The van der Waals surface area contributed by atoms with Gasteiger partial charge in [-0.1, -0.05) is 33.1 Å². The predicted molar refractivity (Wildman–Crippen MR) is 55.7 cm³/mol. The Balaban J connectivity index is 0. The van der Waals surface area contributed by atoms with E-state index >= 15 is 0 Å². The maximum Gasteiger partial charge on any atom is 0.300 e. The fraction of sp³-hybridized carbons (Fsp3) is 0.900. The van der Waals surface area contributed by atoms with Gasteiger partial charge >= 0.3 is 0 Å². The van der Waals surface area contributed by atoms with E-state index in [0.717, 1.165) is 19.4 Å². The van der Waals surface area contributed by atoms with Crippen LogP contribution in [0.3, 0.4) is 0 Å². The van der Waals surface area contributed by atoms with Crippen molar-refractivity contribution < 1.29 is 9.90 Å². The van der Waals surface area contributed by atoms with Gasteiger partial charge in [0.05, 0.1) is 0 Å². The molecule has 0 aromatic carbocycles. The van der Waals surface area contributed by atoms with Crippen LogP contribution in [0.4, 0.5) is 0 Å². The van der Waals surface area contributed by atoms with Crippen molar-refractivity contribution in [1.82, 2.24) is 0 Å². The molecule has 0 aliphatic carbocycles. The third-order valence-corrected chi connectivity index (χ3v) is 1.88. The lowest BCUT2D eigenvalue weighted by atomic mass is 10.00. The zero-order valence-electron chi connectivity index (χ0n) is 9.05. The Labute approximate surface area is 81.3 Å². The number of nitrogens with two attached hydrogens (primary N) is 1. The molecule has 0 aromatic heterocycles. The third-order valence-electron chi connectivity index (χ3n) is 1.88. The summed E-state index contributed by atoms with van der Waals surface area (Å²) in [7, 11) is 0. The second kappa shape index (κ2) is 11.4. The van der Waals surface area contributed by atoms with Crippen molar-refractivity contribution in [2.75, 3.05) is 6.54 Å². The quantitative estimate of drug-likeness (QED) is 0.697. The van der Waals surface area contributed by atoms with Crippen LogP contribution in [0.15, 0.2) is 0 Å². The van der Waals surface area contributed by atoms with Gasteiger partial charge in [0.1, 0.15) is 0 Å². The molecule has 0 rings (SSSR count). The second-order valence-corrected chi connectivity index (χ2v) is 3.17. The van der Waals surface area contributed by atoms with Gasteiger partial charge in [0.15, 0.2) is 0 Å². The first-order valence-corrected chi connectivity index (χ1v) is 4.97. The molecule has 0 amide bonds. The minimum Gasteiger partial charge on any atom is -0.481 e. The Morgan fingerprint density at radius 1 is 1.46 bits per heavy atom. The minimum absolute atomic E-state index is 0.782. The van der Waals surface area contributed by atoms with Crippen molar-refractivity contribution in [2.45, 2.75) is 46.5 Å². The lowest BCUT2D eigenvalue weighted by molar-refractivity contribution is -0.134. The summed E-state index contributed by atoms with van der Waals surface area (Å²) in [6.07, 6.45) is 5.21. The third kappa shape index (κ3) is 18.4. The summed E-state index contributed by atoms with van der Waals surface area (Å²) < 4.78 is 0. The summed E-state index contributed by atoms with van der Waals surface area (Å²) in [5.74, 6) is -0.0510. The lowest BCUT2D eigenvalue weighted by Crippen LogP contribution is -2.12. The van der Waals surface area contributed by atoms with Gasteiger partial charge in [-0.2, -0.15) is 0 Å². The standard InChI is InChI=1S/C8H19N.C2H4O2/c1-3-5-6-8(4-2)7-9;1-2(3)4/h8H,3-7,9H2,1-2H3;1H3,(H,3,4). The molecule has 0 aliphatic rings. The highest BCUT2D eigenvalue weighted by Crippen LogP contribution is 2.09. The molecule has 3 heteroatoms. The van der Waals surface area contributed by atoms with Crippen LogP contribution < -0.4 is 5.73 Å². The van der Waals surface area contributed by atoms with E-state index in [4.69, 9.17) is 15.6 Å². The first kappa shape index (κ1) is 14.9. The number of hydrogen-bond donors (Lipinski definition) is 2. The first-order chi connectivity index (χ1) is 6.08. The van der Waals surface area contributed by atoms with Crippen molar-refractivity contribution in [3.8, 4) is 0 Å². The minimum atomic E-state index is -0.833. The second-order valence-electron chi connectivity index (χ2n) is 3.17. The molecule has 0 saturated carbocycles. The van der Waals surface area contributed by atoms with E-state index in [1.54, 1.807) is 0 Å². The normalized spacial score (nSPS) is 11.4. The summed E-state index contributed by atoms with van der Waals surface area (Å²) in [5, 5.41) is 7.42. The summed E-state index contributed by atoms with van der Waals surface area (Å²) in [4.78, 5) is 9.00. The lowest BCUT2D eigenvalue weighted by Gasteiger charge is -2.09. The van der Waals surface area contributed by atoms with E-state index in [9.17, 15) is 0 Å². The van der Waals surface area contributed by atoms with Crippen LogP contribution in [0, 0.1) is 5.92 Å². The fourth-order valence-electron chi connectivity index (χ4n) is 0.981. The van der Waals surface area contributed by atoms with Crippen molar-refractivity contribution >= 4 is 5.97 Å². The first-order valence-electron chi connectivity index (χ1n) is 4.97. The Bertz CT molecular complexity index is 107. The number of carboxylic acids is 1. The molecule has 0 fully saturated rings. The smallest absolute Gasteiger partial charge is 0.300 e. The van der Waals surface area contributed by atoms with E-state index in [1.165, 1.54) is 25.7 Å². The maximum absolute atomic E-state index is 9.00. The molecule has 3 nitrogen and oxygen atoms in total. The van der Waals surface area contributed by atoms with Crippen molar-refractivity contribution in [2.24, 2.45) is 11.7 Å². The molecule has 0 radical (unpaired) electrons. The molecule has 3 N–H and O–H groups in total. The van der Waals surface area contributed by atoms with Crippen LogP contribution in [-0.2, 0) is 4.79 Å². The highest BCUT2D eigenvalue weighted by Gasteiger charge is 2.00. The Morgan fingerprint density at radius 2 is 1.92 bits per heavy atom. The van der Waals surface area contributed by atoms with E-state index in [2.05, 4.69) is 13.8 Å². The highest BCUT2D eigenvalue weighted by molar-refractivity contribution is 5.62. The molecule has 0 saturated heterocycles. The van der Waals surface area contributed by atoms with Crippen LogP contribution in [0.2, 0.25) is 0 Å². The van der Waals surface area contributed by atoms with E-state index in [-0.39, 0.29) is 0 Å². The molecule has 0 spiro atoms. The number of hydrogen-bond acceptors (Lipinski definition) is 2. The van der Waals surface area contributed by atoms with Gasteiger partial charge < -0.3 is 10.8 Å². The van der Waals surface area contributed by atoms with Crippen molar-refractivity contribution in [1.29, 1.82) is 0 Å². The monoisotopic (exact) mass is 189 g/mol. The molecule has 80 valence electrons. The van der Waals surface area contributed by atoms with E-state index < -0.39 is 5.97 Å². The topological polar surface area (TPSA) is 63.3 Å². The molecular formula is C10H23NO2. The Kier molecular flexibility index (Phi) is 13.1. The van der Waals surface area contributed by atoms with Crippen LogP contribution in [0.1, 0.15) is 46.5 Å². The van der Waals surface area contributed by atoms with E-state index in [1.807, 2.05) is 0 Å². The average molecular weight is 189 g/mol. The largest absolute Gasteiger partial charge is 0.481 e. The van der Waals surface area contributed by atoms with Gasteiger partial charge in [-0.3, -0.25) is 4.79 Å². The molecule has 1 unspecified atom stereocenters. The Hall–Kier alpha value is -0.570. The predicted octanol–water partition coefficient (Wildman–Crippen LogP) is 2.25. The van der Waals surface area contributed by atoms with Gasteiger partial charge in [-0.25, -0.2) is 0 Å². The molecule has 0 heterocycles. The van der Waals surface area contributed by atoms with Gasteiger partial charge in [-0.05, 0) is 18.9 Å². The maximum atomic E-state index is 9.00. The molecule has 1 atom stereocenters. The zero-order chi connectivity index (χ0) is 10.7. The van der Waals surface area contributed by atoms with Crippen LogP contribution in [-0.4, -0.2) is 17.6 Å². The van der Waals surface area contributed by atoms with Gasteiger partial charge in [-0.15, -0.1) is 0 Å². The summed E-state index contributed by atoms with van der Waals surface area (Å²) in [6, 6.07) is 0. The van der Waals surface area contributed by atoms with Crippen molar-refractivity contribution in [3.63, 3.8) is 0 Å². The molecular weight excluding hydrogens is 166 g/mol. The molecule has 0 aromatic rings. The molecule has 0 bridgehead atoms. The SMILES string of the molecule is CC(=O)O.CCCCC(CC)CN. The number of carbonyl (C=O) groups is 1. The summed E-state index contributed by atoms with van der Waals surface area (Å²) in [6.45, 7) is 6.40. The van der Waals surface area contributed by atoms with Crippen LogP contribution >= 0.6 is 0 Å². The molecule has 13 heavy (non-hydrogen) atoms. The number of rotatable bonds is 5. The number of carboxylic acid groups (broad SMARTS) is 1. The molecule has 0 aliphatic heterocycles. The van der Waals surface area contributed by atoms with Gasteiger partial charge in [0.2, 0.25) is 0 Å². The van der Waals surface area contributed by atoms with Gasteiger partial charge in [0.25, 0.3) is 5.97 Å². The van der Waals surface area contributed by atoms with Gasteiger partial charge in [0, 0.05) is 6.92 Å². The number of unbranched alkanes of at least 4 members (excludes halogenated alkanes) is 1. The zero-order valence-corrected chi connectivity index (χ0v) is 9.05. The number of aliphatic carboxylic acids is 1. The van der Waals surface area contributed by atoms with Crippen molar-refractivity contribution in [3.05, 3.63) is 0 Å². The van der Waals surface area contributed by atoms with Crippen LogP contribution in [0.5, 0.6) is 0 Å².